The molecule has 0 bridgehead atoms. The molecule has 0 fully saturated rings. The number of halogens is 2. The van der Waals surface area contributed by atoms with E-state index in [1.165, 1.54) is 12.1 Å². The standard InChI is InChI=1S/C16H14BrFN2O/c1-11(15-6-5-12(18)9-16(15)17)20-13-3-2-4-14(10-13)21-8-7-19/h2-6,9-11,20H,8H2,1H3. The molecule has 2 aromatic carbocycles. The lowest BCUT2D eigenvalue weighted by molar-refractivity contribution is 0.368. The van der Waals surface area contributed by atoms with Crippen LogP contribution in [0.5, 0.6) is 5.75 Å². The first-order chi connectivity index (χ1) is 10.1. The molecule has 0 radical (unpaired) electrons. The highest BCUT2D eigenvalue weighted by molar-refractivity contribution is 9.10. The average molecular weight is 349 g/mol. The van der Waals surface area contributed by atoms with E-state index in [4.69, 9.17) is 10.00 Å². The fourth-order valence-corrected chi connectivity index (χ4v) is 2.67. The zero-order valence-corrected chi connectivity index (χ0v) is 13.0. The lowest BCUT2D eigenvalue weighted by Crippen LogP contribution is -2.07. The van der Waals surface area contributed by atoms with Crippen LogP contribution in [0.15, 0.2) is 46.9 Å². The Kier molecular flexibility index (Phi) is 5.18. The largest absolute Gasteiger partial charge is 0.479 e. The third kappa shape index (κ3) is 4.20. The van der Waals surface area contributed by atoms with Crippen LogP contribution in [0.25, 0.3) is 0 Å². The summed E-state index contributed by atoms with van der Waals surface area (Å²) >= 11 is 3.37. The fourth-order valence-electron chi connectivity index (χ4n) is 1.97. The second kappa shape index (κ2) is 7.09. The highest BCUT2D eigenvalue weighted by Crippen LogP contribution is 2.28. The van der Waals surface area contributed by atoms with Crippen LogP contribution in [0.3, 0.4) is 0 Å². The zero-order chi connectivity index (χ0) is 15.2. The minimum Gasteiger partial charge on any atom is -0.479 e. The fraction of sp³-hybridized carbons (Fsp3) is 0.188. The lowest BCUT2D eigenvalue weighted by atomic mass is 10.1. The smallest absolute Gasteiger partial charge is 0.174 e. The highest BCUT2D eigenvalue weighted by Gasteiger charge is 2.10. The minimum atomic E-state index is -0.273. The molecule has 1 unspecified atom stereocenters. The van der Waals surface area contributed by atoms with Gasteiger partial charge in [0, 0.05) is 22.3 Å². The lowest BCUT2D eigenvalue weighted by Gasteiger charge is -2.17. The number of benzene rings is 2. The van der Waals surface area contributed by atoms with Gasteiger partial charge in [0.2, 0.25) is 0 Å². The number of nitriles is 1. The molecular weight excluding hydrogens is 335 g/mol. The summed E-state index contributed by atoms with van der Waals surface area (Å²) in [4.78, 5) is 0. The number of ether oxygens (including phenoxy) is 1. The topological polar surface area (TPSA) is 45.0 Å². The number of hydrogen-bond acceptors (Lipinski definition) is 3. The molecule has 0 aliphatic rings. The van der Waals surface area contributed by atoms with Crippen LogP contribution in [0, 0.1) is 17.1 Å². The van der Waals surface area contributed by atoms with E-state index in [-0.39, 0.29) is 18.5 Å². The molecule has 0 heterocycles. The molecule has 3 nitrogen and oxygen atoms in total. The van der Waals surface area contributed by atoms with Crippen molar-refractivity contribution in [2.45, 2.75) is 13.0 Å². The van der Waals surface area contributed by atoms with Crippen LogP contribution in [-0.2, 0) is 0 Å². The van der Waals surface area contributed by atoms with Gasteiger partial charge in [0.05, 0.1) is 0 Å². The van der Waals surface area contributed by atoms with Crippen LogP contribution >= 0.6 is 15.9 Å². The monoisotopic (exact) mass is 348 g/mol. The van der Waals surface area contributed by atoms with Gasteiger partial charge in [0.25, 0.3) is 0 Å². The van der Waals surface area contributed by atoms with Crippen LogP contribution < -0.4 is 10.1 Å². The summed E-state index contributed by atoms with van der Waals surface area (Å²) in [6, 6.07) is 13.9. The summed E-state index contributed by atoms with van der Waals surface area (Å²) in [6.07, 6.45) is 0. The molecule has 1 N–H and O–H groups in total. The van der Waals surface area contributed by atoms with Crippen molar-refractivity contribution in [2.24, 2.45) is 0 Å². The molecule has 5 heteroatoms. The summed E-state index contributed by atoms with van der Waals surface area (Å²) in [7, 11) is 0. The summed E-state index contributed by atoms with van der Waals surface area (Å²) in [5, 5.41) is 11.8. The number of nitrogens with zero attached hydrogens (tertiary/aromatic N) is 1. The van der Waals surface area contributed by atoms with Crippen molar-refractivity contribution < 1.29 is 9.13 Å². The van der Waals surface area contributed by atoms with E-state index < -0.39 is 0 Å². The molecule has 0 saturated heterocycles. The first-order valence-electron chi connectivity index (χ1n) is 6.41. The van der Waals surface area contributed by atoms with Gasteiger partial charge in [0.1, 0.15) is 17.6 Å². The van der Waals surface area contributed by atoms with E-state index in [0.717, 1.165) is 15.7 Å². The van der Waals surface area contributed by atoms with Crippen LogP contribution in [-0.4, -0.2) is 6.61 Å². The van der Waals surface area contributed by atoms with Gasteiger partial charge in [-0.15, -0.1) is 0 Å². The molecule has 0 spiro atoms. The molecule has 0 aliphatic heterocycles. The van der Waals surface area contributed by atoms with Gasteiger partial charge in [-0.1, -0.05) is 28.1 Å². The molecule has 2 aromatic rings. The molecule has 2 rings (SSSR count). The molecule has 1 atom stereocenters. The van der Waals surface area contributed by atoms with Gasteiger partial charge in [-0.05, 0) is 36.8 Å². The highest BCUT2D eigenvalue weighted by atomic mass is 79.9. The first-order valence-corrected chi connectivity index (χ1v) is 7.21. The Balaban J connectivity index is 2.12. The number of rotatable bonds is 5. The van der Waals surface area contributed by atoms with E-state index in [9.17, 15) is 4.39 Å². The molecule has 0 aliphatic carbocycles. The quantitative estimate of drug-likeness (QED) is 0.854. The van der Waals surface area contributed by atoms with Gasteiger partial charge in [-0.3, -0.25) is 0 Å². The average Bonchev–Trinajstić information content (AvgIpc) is 2.45. The maximum atomic E-state index is 13.1. The Bertz CT molecular complexity index is 670. The molecule has 0 amide bonds. The van der Waals surface area contributed by atoms with Crippen molar-refractivity contribution in [2.75, 3.05) is 11.9 Å². The first kappa shape index (κ1) is 15.3. The van der Waals surface area contributed by atoms with E-state index in [1.807, 2.05) is 31.2 Å². The van der Waals surface area contributed by atoms with Gasteiger partial charge in [-0.25, -0.2) is 4.39 Å². The molecule has 0 aromatic heterocycles. The zero-order valence-electron chi connectivity index (χ0n) is 11.4. The van der Waals surface area contributed by atoms with Crippen LogP contribution in [0.2, 0.25) is 0 Å². The van der Waals surface area contributed by atoms with Crippen LogP contribution in [0.4, 0.5) is 10.1 Å². The van der Waals surface area contributed by atoms with E-state index in [2.05, 4.69) is 21.2 Å². The summed E-state index contributed by atoms with van der Waals surface area (Å²) < 4.78 is 19.1. The van der Waals surface area contributed by atoms with Gasteiger partial charge >= 0.3 is 0 Å². The summed E-state index contributed by atoms with van der Waals surface area (Å²) in [5.41, 5.74) is 1.83. The third-order valence-electron chi connectivity index (χ3n) is 2.95. The molecular formula is C16H14BrFN2O. The van der Waals surface area contributed by atoms with E-state index in [0.29, 0.717) is 5.75 Å². The van der Waals surface area contributed by atoms with Crippen molar-refractivity contribution in [3.63, 3.8) is 0 Å². The molecule has 108 valence electrons. The van der Waals surface area contributed by atoms with Crippen molar-refractivity contribution in [3.8, 4) is 11.8 Å². The Morgan fingerprint density at radius 2 is 2.14 bits per heavy atom. The summed E-state index contributed by atoms with van der Waals surface area (Å²) in [6.45, 7) is 2.00. The van der Waals surface area contributed by atoms with Gasteiger partial charge < -0.3 is 10.1 Å². The SMILES string of the molecule is CC(Nc1cccc(OCC#N)c1)c1ccc(F)cc1Br. The maximum Gasteiger partial charge on any atom is 0.174 e. The Hall–Kier alpha value is -2.06. The predicted octanol–water partition coefficient (Wildman–Crippen LogP) is 4.66. The van der Waals surface area contributed by atoms with Crippen molar-refractivity contribution in [1.82, 2.24) is 0 Å². The predicted molar refractivity (Wildman–Crippen MR) is 83.7 cm³/mol. The number of hydrogen-bond donors (Lipinski definition) is 1. The Morgan fingerprint density at radius 1 is 1.33 bits per heavy atom. The minimum absolute atomic E-state index is 0.00816. The van der Waals surface area contributed by atoms with Crippen molar-refractivity contribution in [1.29, 1.82) is 5.26 Å². The second-order valence-corrected chi connectivity index (χ2v) is 5.36. The number of anilines is 1. The van der Waals surface area contributed by atoms with E-state index in [1.54, 1.807) is 12.1 Å². The van der Waals surface area contributed by atoms with Crippen LogP contribution in [0.1, 0.15) is 18.5 Å². The number of nitrogens with one attached hydrogen (secondary N) is 1. The van der Waals surface area contributed by atoms with Crippen molar-refractivity contribution >= 4 is 21.6 Å². The van der Waals surface area contributed by atoms with Gasteiger partial charge in [-0.2, -0.15) is 5.26 Å². The Labute approximate surface area is 131 Å². The summed E-state index contributed by atoms with van der Waals surface area (Å²) in [5.74, 6) is 0.358. The third-order valence-corrected chi connectivity index (χ3v) is 3.64. The molecule has 0 saturated carbocycles. The maximum absolute atomic E-state index is 13.1. The normalized spacial score (nSPS) is 11.5. The second-order valence-electron chi connectivity index (χ2n) is 4.51. The molecule has 21 heavy (non-hydrogen) atoms. The van der Waals surface area contributed by atoms with Crippen molar-refractivity contribution in [3.05, 3.63) is 58.3 Å². The Morgan fingerprint density at radius 3 is 2.86 bits per heavy atom. The van der Waals surface area contributed by atoms with E-state index >= 15 is 0 Å². The van der Waals surface area contributed by atoms with Gasteiger partial charge in [0.15, 0.2) is 6.61 Å².